The van der Waals surface area contributed by atoms with Gasteiger partial charge in [-0.1, -0.05) is 0 Å². The van der Waals surface area contributed by atoms with Crippen LogP contribution < -0.4 is 16.4 Å². The molecule has 120 valence electrons. The molecule has 1 unspecified atom stereocenters. The fourth-order valence-corrected chi connectivity index (χ4v) is 3.26. The minimum Gasteiger partial charge on any atom is -0.397 e. The first-order valence-electron chi connectivity index (χ1n) is 7.30. The van der Waals surface area contributed by atoms with Gasteiger partial charge in [-0.3, -0.25) is 4.79 Å². The predicted molar refractivity (Wildman–Crippen MR) is 77.1 cm³/mol. The number of hydrogen-bond acceptors (Lipinski definition) is 3. The van der Waals surface area contributed by atoms with Crippen LogP contribution >= 0.6 is 0 Å². The molecule has 1 saturated heterocycles. The maximum absolute atomic E-state index is 12.7. The van der Waals surface area contributed by atoms with E-state index in [0.29, 0.717) is 0 Å². The molecule has 1 spiro atoms. The molecule has 1 aromatic rings. The Kier molecular flexibility index (Phi) is 3.55. The summed E-state index contributed by atoms with van der Waals surface area (Å²) in [6.07, 6.45) is -1.78. The van der Waals surface area contributed by atoms with Gasteiger partial charge in [0, 0.05) is 5.92 Å². The van der Waals surface area contributed by atoms with Crippen molar-refractivity contribution in [3.05, 3.63) is 23.8 Å². The van der Waals surface area contributed by atoms with Gasteiger partial charge >= 0.3 is 6.18 Å². The summed E-state index contributed by atoms with van der Waals surface area (Å²) in [4.78, 5) is 12.3. The third-order valence-electron chi connectivity index (χ3n) is 4.74. The Morgan fingerprint density at radius 2 is 2.00 bits per heavy atom. The van der Waals surface area contributed by atoms with E-state index < -0.39 is 11.7 Å². The predicted octanol–water partition coefficient (Wildman–Crippen LogP) is 2.62. The van der Waals surface area contributed by atoms with Gasteiger partial charge in [-0.15, -0.1) is 0 Å². The van der Waals surface area contributed by atoms with Crippen molar-refractivity contribution < 1.29 is 18.0 Å². The molecule has 0 bridgehead atoms. The monoisotopic (exact) mass is 313 g/mol. The Morgan fingerprint density at radius 1 is 1.32 bits per heavy atom. The average Bonchev–Trinajstić information content (AvgIpc) is 3.14. The Bertz CT molecular complexity index is 594. The minimum absolute atomic E-state index is 0.0335. The summed E-state index contributed by atoms with van der Waals surface area (Å²) in [6.45, 7) is 1.77. The van der Waals surface area contributed by atoms with Crippen LogP contribution in [0.2, 0.25) is 0 Å². The molecule has 1 aliphatic carbocycles. The van der Waals surface area contributed by atoms with Crippen molar-refractivity contribution >= 4 is 17.3 Å². The van der Waals surface area contributed by atoms with Crippen LogP contribution in [-0.2, 0) is 11.0 Å². The van der Waals surface area contributed by atoms with Gasteiger partial charge in [-0.25, -0.2) is 0 Å². The maximum Gasteiger partial charge on any atom is 0.416 e. The standard InChI is InChI=1S/C15H18F3N3O/c16-15(17,18)9-1-2-11(19)12(7-9)21-13(22)10-8-14(10)3-5-20-6-4-14/h1-2,7,10,20H,3-6,8,19H2,(H,21,22). The summed E-state index contributed by atoms with van der Waals surface area (Å²) in [5, 5.41) is 5.82. The van der Waals surface area contributed by atoms with E-state index in [4.69, 9.17) is 5.73 Å². The second-order valence-corrected chi connectivity index (χ2v) is 6.16. The molecule has 1 atom stereocenters. The molecule has 3 rings (SSSR count). The molecule has 1 saturated carbocycles. The number of hydrogen-bond donors (Lipinski definition) is 3. The molecule has 1 aliphatic heterocycles. The van der Waals surface area contributed by atoms with Crippen molar-refractivity contribution in [3.8, 4) is 0 Å². The largest absolute Gasteiger partial charge is 0.416 e. The molecule has 1 amide bonds. The molecule has 1 heterocycles. The Hall–Kier alpha value is -1.76. The number of benzene rings is 1. The number of carbonyl (C=O) groups is 1. The molecule has 0 aromatic heterocycles. The van der Waals surface area contributed by atoms with Crippen molar-refractivity contribution in [1.29, 1.82) is 0 Å². The van der Waals surface area contributed by atoms with Crippen LogP contribution in [-0.4, -0.2) is 19.0 Å². The third-order valence-corrected chi connectivity index (χ3v) is 4.74. The van der Waals surface area contributed by atoms with Crippen LogP contribution in [0.25, 0.3) is 0 Å². The van der Waals surface area contributed by atoms with E-state index in [1.165, 1.54) is 6.07 Å². The number of halogens is 3. The smallest absolute Gasteiger partial charge is 0.397 e. The molecule has 1 aromatic carbocycles. The van der Waals surface area contributed by atoms with Gasteiger partial charge < -0.3 is 16.4 Å². The Morgan fingerprint density at radius 3 is 2.64 bits per heavy atom. The maximum atomic E-state index is 12.7. The lowest BCUT2D eigenvalue weighted by atomic mass is 9.91. The van der Waals surface area contributed by atoms with E-state index in [-0.39, 0.29) is 28.6 Å². The summed E-state index contributed by atoms with van der Waals surface area (Å²) >= 11 is 0. The Balaban J connectivity index is 1.72. The highest BCUT2D eigenvalue weighted by molar-refractivity contribution is 5.97. The zero-order chi connectivity index (χ0) is 16.0. The molecule has 22 heavy (non-hydrogen) atoms. The lowest BCUT2D eigenvalue weighted by Crippen LogP contribution is -2.31. The second kappa shape index (κ2) is 5.15. The summed E-state index contributed by atoms with van der Waals surface area (Å²) in [5.74, 6) is -0.350. The van der Waals surface area contributed by atoms with Crippen LogP contribution in [0.1, 0.15) is 24.8 Å². The van der Waals surface area contributed by atoms with E-state index in [2.05, 4.69) is 10.6 Å². The fourth-order valence-electron chi connectivity index (χ4n) is 3.26. The van der Waals surface area contributed by atoms with Crippen LogP contribution in [0.4, 0.5) is 24.5 Å². The lowest BCUT2D eigenvalue weighted by Gasteiger charge is -2.23. The number of rotatable bonds is 2. The van der Waals surface area contributed by atoms with Crippen molar-refractivity contribution in [2.75, 3.05) is 24.1 Å². The van der Waals surface area contributed by atoms with Crippen molar-refractivity contribution in [2.24, 2.45) is 11.3 Å². The van der Waals surface area contributed by atoms with E-state index in [1.54, 1.807) is 0 Å². The topological polar surface area (TPSA) is 67.1 Å². The summed E-state index contributed by atoms with van der Waals surface area (Å²) in [6, 6.07) is 2.98. The molecule has 7 heteroatoms. The SMILES string of the molecule is Nc1ccc(C(F)(F)F)cc1NC(=O)C1CC12CCNCC2. The molecule has 4 nitrogen and oxygen atoms in total. The van der Waals surface area contributed by atoms with Gasteiger partial charge in [-0.2, -0.15) is 13.2 Å². The van der Waals surface area contributed by atoms with Crippen molar-refractivity contribution in [3.63, 3.8) is 0 Å². The highest BCUT2D eigenvalue weighted by atomic mass is 19.4. The van der Waals surface area contributed by atoms with Crippen molar-refractivity contribution in [2.45, 2.75) is 25.4 Å². The van der Waals surface area contributed by atoms with E-state index >= 15 is 0 Å². The number of piperidine rings is 1. The number of anilines is 2. The number of nitrogens with one attached hydrogen (secondary N) is 2. The summed E-state index contributed by atoms with van der Waals surface area (Å²) in [5.41, 5.74) is 5.08. The second-order valence-electron chi connectivity index (χ2n) is 6.16. The first-order chi connectivity index (χ1) is 10.3. The zero-order valence-corrected chi connectivity index (χ0v) is 12.0. The molecule has 4 N–H and O–H groups in total. The van der Waals surface area contributed by atoms with Crippen LogP contribution in [0, 0.1) is 11.3 Å². The number of amides is 1. The number of nitrogens with two attached hydrogens (primary N) is 1. The van der Waals surface area contributed by atoms with Crippen molar-refractivity contribution in [1.82, 2.24) is 5.32 Å². The highest BCUT2D eigenvalue weighted by Crippen LogP contribution is 2.58. The molecule has 2 aliphatic rings. The first kappa shape index (κ1) is 15.1. The minimum atomic E-state index is -4.46. The number of nitrogen functional groups attached to an aromatic ring is 1. The van der Waals surface area contributed by atoms with Gasteiger partial charge in [0.05, 0.1) is 16.9 Å². The van der Waals surface area contributed by atoms with Crippen LogP contribution in [0.3, 0.4) is 0 Å². The normalized spacial score (nSPS) is 23.3. The molecular weight excluding hydrogens is 295 g/mol. The van der Waals surface area contributed by atoms with Crippen LogP contribution in [0.5, 0.6) is 0 Å². The lowest BCUT2D eigenvalue weighted by molar-refractivity contribution is -0.137. The van der Waals surface area contributed by atoms with Gasteiger partial charge in [-0.05, 0) is 56.0 Å². The summed E-state index contributed by atoms with van der Waals surface area (Å²) in [7, 11) is 0. The fraction of sp³-hybridized carbons (Fsp3) is 0.533. The van der Waals surface area contributed by atoms with Gasteiger partial charge in [0.25, 0.3) is 0 Å². The first-order valence-corrected chi connectivity index (χ1v) is 7.30. The van der Waals surface area contributed by atoms with Gasteiger partial charge in [0.1, 0.15) is 0 Å². The quantitative estimate of drug-likeness (QED) is 0.735. The van der Waals surface area contributed by atoms with Gasteiger partial charge in [0.15, 0.2) is 0 Å². The van der Waals surface area contributed by atoms with E-state index in [1.807, 2.05) is 0 Å². The summed E-state index contributed by atoms with van der Waals surface area (Å²) < 4.78 is 38.2. The Labute approximate surface area is 126 Å². The molecular formula is C15H18F3N3O. The average molecular weight is 313 g/mol. The van der Waals surface area contributed by atoms with E-state index in [0.717, 1.165) is 44.5 Å². The highest BCUT2D eigenvalue weighted by Gasteiger charge is 2.57. The zero-order valence-electron chi connectivity index (χ0n) is 12.0. The van der Waals surface area contributed by atoms with Crippen LogP contribution in [0.15, 0.2) is 18.2 Å². The van der Waals surface area contributed by atoms with Gasteiger partial charge in [0.2, 0.25) is 5.91 Å². The number of alkyl halides is 3. The van der Waals surface area contributed by atoms with E-state index in [9.17, 15) is 18.0 Å². The molecule has 0 radical (unpaired) electrons. The molecule has 2 fully saturated rings. The number of carbonyl (C=O) groups excluding carboxylic acids is 1. The third kappa shape index (κ3) is 2.77.